The molecule has 0 radical (unpaired) electrons. The van der Waals surface area contributed by atoms with Crippen LogP contribution in [0.5, 0.6) is 11.5 Å². The summed E-state index contributed by atoms with van der Waals surface area (Å²) in [5.41, 5.74) is 3.71. The molecule has 0 saturated heterocycles. The van der Waals surface area contributed by atoms with E-state index >= 15 is 0 Å². The van der Waals surface area contributed by atoms with E-state index in [4.69, 9.17) is 14.2 Å². The minimum Gasteiger partial charge on any atom is -0.748 e. The van der Waals surface area contributed by atoms with E-state index < -0.39 is 24.3 Å². The summed E-state index contributed by atoms with van der Waals surface area (Å²) in [6.45, 7) is 11.2. The Bertz CT molecular complexity index is 1960. The Morgan fingerprint density at radius 2 is 1.63 bits per heavy atom. The number of hydrogen-bond donors (Lipinski definition) is 0. The van der Waals surface area contributed by atoms with Crippen LogP contribution in [0.15, 0.2) is 94.7 Å². The number of ether oxygens (including phenoxy) is 1. The molecule has 0 N–H and O–H groups in total. The van der Waals surface area contributed by atoms with Gasteiger partial charge in [-0.1, -0.05) is 70.0 Å². The first kappa shape index (κ1) is 40.4. The van der Waals surface area contributed by atoms with E-state index in [2.05, 4.69) is 38.9 Å². The third kappa shape index (κ3) is 10.8. The van der Waals surface area contributed by atoms with Crippen molar-refractivity contribution in [2.45, 2.75) is 71.0 Å². The van der Waals surface area contributed by atoms with Gasteiger partial charge in [0.05, 0.1) is 28.1 Å². The third-order valence-corrected chi connectivity index (χ3v) is 14.2. The molecule has 0 spiro atoms. The molecule has 0 bridgehead atoms. The summed E-state index contributed by atoms with van der Waals surface area (Å²) in [6.07, 6.45) is 5.80. The summed E-state index contributed by atoms with van der Waals surface area (Å²) in [6, 6.07) is 22.1. The van der Waals surface area contributed by atoms with Gasteiger partial charge in [0.15, 0.2) is 17.4 Å². The van der Waals surface area contributed by atoms with Crippen LogP contribution in [0.2, 0.25) is 18.1 Å². The van der Waals surface area contributed by atoms with E-state index in [1.165, 1.54) is 17.0 Å². The molecular formula is C38H43FN3NaO6SSi. The Labute approximate surface area is 323 Å². The molecule has 0 atom stereocenters. The molecule has 0 aromatic heterocycles. The molecule has 13 heteroatoms. The summed E-state index contributed by atoms with van der Waals surface area (Å²) in [5.74, 6) is -0.0131. The van der Waals surface area contributed by atoms with Crippen molar-refractivity contribution in [1.29, 1.82) is 0 Å². The maximum atomic E-state index is 15.0. The number of amidine groups is 1. The van der Waals surface area contributed by atoms with Crippen molar-refractivity contribution in [1.82, 2.24) is 4.90 Å². The van der Waals surface area contributed by atoms with Crippen LogP contribution in [-0.4, -0.2) is 56.0 Å². The fourth-order valence-electron chi connectivity index (χ4n) is 5.19. The van der Waals surface area contributed by atoms with Crippen LogP contribution in [-0.2, 0) is 21.3 Å². The van der Waals surface area contributed by atoms with Gasteiger partial charge in [0.2, 0.25) is 8.32 Å². The fourth-order valence-corrected chi connectivity index (χ4v) is 6.78. The second kappa shape index (κ2) is 17.0. The Kier molecular flexibility index (Phi) is 13.4. The molecule has 51 heavy (non-hydrogen) atoms. The number of carbonyl (C=O) groups is 1. The topological polar surface area (TPSA) is 121 Å². The zero-order valence-electron chi connectivity index (χ0n) is 30.1. The van der Waals surface area contributed by atoms with Gasteiger partial charge in [-0.25, -0.2) is 22.8 Å². The van der Waals surface area contributed by atoms with Crippen molar-refractivity contribution in [2.75, 3.05) is 12.4 Å². The van der Waals surface area contributed by atoms with E-state index in [1.807, 2.05) is 54.6 Å². The summed E-state index contributed by atoms with van der Waals surface area (Å²) in [7, 11) is -6.23. The number of amides is 1. The number of fused-ring (bicyclic) bond motifs is 1. The number of unbranched alkanes of at least 4 members (excludes halogenated alkanes) is 3. The Hall–Kier alpha value is -3.39. The van der Waals surface area contributed by atoms with Crippen LogP contribution in [0.3, 0.4) is 0 Å². The van der Waals surface area contributed by atoms with Gasteiger partial charge < -0.3 is 13.7 Å². The molecule has 5 rings (SSSR count). The van der Waals surface area contributed by atoms with Crippen molar-refractivity contribution < 1.29 is 60.9 Å². The minimum atomic E-state index is -4.21. The zero-order chi connectivity index (χ0) is 36.1. The van der Waals surface area contributed by atoms with Gasteiger partial charge in [0.1, 0.15) is 11.4 Å². The molecule has 9 nitrogen and oxygen atoms in total. The standard InChI is InChI=1S/C38H44FN3O6SSi.Na/c1-38(2,3)50(4,5)48-30-18-16-29(17-19-30)34-26-42-36(32(40-34)24-27-13-9-8-10-14-27)41-33(37(42)43)25-28-15-20-35(31(39)23-28)47-21-11-6-7-12-22-49(44,45)46;/h8-10,13-20,23,25-26H,6-7,11-12,21-22,24H2,1-5H3,(H,44,45,46);/q;+1/p-1/b33-25-;. The van der Waals surface area contributed by atoms with Gasteiger partial charge in [-0.15, -0.1) is 0 Å². The Morgan fingerprint density at radius 1 is 0.941 bits per heavy atom. The minimum absolute atomic E-state index is 0. The molecule has 2 aliphatic rings. The quantitative estimate of drug-likeness (QED) is 0.0997. The first-order valence-corrected chi connectivity index (χ1v) is 21.2. The largest absolute Gasteiger partial charge is 1.00 e. The van der Waals surface area contributed by atoms with Crippen LogP contribution in [0.25, 0.3) is 11.8 Å². The molecule has 0 aliphatic carbocycles. The average molecular weight is 740 g/mol. The smallest absolute Gasteiger partial charge is 0.748 e. The predicted molar refractivity (Wildman–Crippen MR) is 197 cm³/mol. The molecule has 1 amide bonds. The number of carbonyl (C=O) groups excluding carboxylic acids is 1. The number of benzene rings is 3. The van der Waals surface area contributed by atoms with Gasteiger partial charge in [-0.2, -0.15) is 0 Å². The number of aliphatic imine (C=N–C) groups is 2. The van der Waals surface area contributed by atoms with Gasteiger partial charge in [-0.3, -0.25) is 9.69 Å². The summed E-state index contributed by atoms with van der Waals surface area (Å²) >= 11 is 0. The maximum absolute atomic E-state index is 15.0. The summed E-state index contributed by atoms with van der Waals surface area (Å²) < 4.78 is 59.1. The van der Waals surface area contributed by atoms with Crippen LogP contribution in [0.4, 0.5) is 4.39 Å². The Balaban J connectivity index is 0.00000583. The van der Waals surface area contributed by atoms with Crippen molar-refractivity contribution >= 4 is 47.7 Å². The molecule has 2 heterocycles. The van der Waals surface area contributed by atoms with Crippen LogP contribution < -0.4 is 38.7 Å². The van der Waals surface area contributed by atoms with Crippen molar-refractivity contribution in [3.63, 3.8) is 0 Å². The first-order valence-electron chi connectivity index (χ1n) is 16.7. The molecule has 3 aromatic carbocycles. The number of rotatable bonds is 14. The zero-order valence-corrected chi connectivity index (χ0v) is 33.9. The maximum Gasteiger partial charge on any atom is 1.00 e. The SMILES string of the molecule is CC(C)(C)[Si](C)(C)Oc1ccc(C2=CN3C(=O)/C(=C/c4ccc(OCCCCCCS(=O)(=O)[O-])c(F)c4)N=C3C(Cc3ccccc3)=N2)cc1.[Na+]. The molecule has 0 fully saturated rings. The van der Waals surface area contributed by atoms with Crippen molar-refractivity contribution in [2.24, 2.45) is 9.98 Å². The van der Waals surface area contributed by atoms with Crippen molar-refractivity contribution in [3.05, 3.63) is 107 Å². The fraction of sp³-hybridized carbons (Fsp3) is 0.342. The molecule has 0 unspecified atom stereocenters. The van der Waals surface area contributed by atoms with E-state index in [9.17, 15) is 22.2 Å². The molecule has 2 aliphatic heterocycles. The van der Waals surface area contributed by atoms with Crippen LogP contribution >= 0.6 is 0 Å². The monoisotopic (exact) mass is 739 g/mol. The predicted octanol–water partition coefficient (Wildman–Crippen LogP) is 4.98. The molecule has 264 valence electrons. The second-order valence-corrected chi connectivity index (χ2v) is 20.2. The average Bonchev–Trinajstić information content (AvgIpc) is 3.36. The number of hydrogen-bond acceptors (Lipinski definition) is 8. The Morgan fingerprint density at radius 3 is 2.27 bits per heavy atom. The van der Waals surface area contributed by atoms with Gasteiger partial charge in [-0.05, 0) is 84.6 Å². The molecule has 3 aromatic rings. The van der Waals surface area contributed by atoms with E-state index in [0.29, 0.717) is 54.9 Å². The second-order valence-electron chi connectivity index (χ2n) is 14.0. The normalized spacial score (nSPS) is 15.5. The summed E-state index contributed by atoms with van der Waals surface area (Å²) in [5, 5.41) is 0.0600. The van der Waals surface area contributed by atoms with E-state index in [-0.39, 0.29) is 64.3 Å². The molecule has 0 saturated carbocycles. The first-order chi connectivity index (χ1) is 23.6. The summed E-state index contributed by atoms with van der Waals surface area (Å²) in [4.78, 5) is 24.9. The number of nitrogens with zero attached hydrogens (tertiary/aromatic N) is 3. The van der Waals surface area contributed by atoms with Gasteiger partial charge in [0.25, 0.3) is 5.91 Å². The van der Waals surface area contributed by atoms with Gasteiger partial charge >= 0.3 is 29.6 Å². The molecular weight excluding hydrogens is 697 g/mol. The van der Waals surface area contributed by atoms with Crippen LogP contribution in [0, 0.1) is 5.82 Å². The van der Waals surface area contributed by atoms with E-state index in [1.54, 1.807) is 18.3 Å². The van der Waals surface area contributed by atoms with Crippen molar-refractivity contribution in [3.8, 4) is 11.5 Å². The van der Waals surface area contributed by atoms with E-state index in [0.717, 1.165) is 16.9 Å². The van der Waals surface area contributed by atoms with Gasteiger partial charge in [0, 0.05) is 23.9 Å². The van der Waals surface area contributed by atoms with Crippen LogP contribution in [0.1, 0.15) is 63.1 Å². The third-order valence-electron chi connectivity index (χ3n) is 9.01. The number of halogens is 1.